The normalized spacial score (nSPS) is 14.0. The highest BCUT2D eigenvalue weighted by molar-refractivity contribution is 5.96. The molecular formula is C27H36N2O9. The second-order valence-electron chi connectivity index (χ2n) is 8.70. The number of benzene rings is 2. The van der Waals surface area contributed by atoms with Crippen molar-refractivity contribution in [3.63, 3.8) is 0 Å². The molecule has 3 rings (SSSR count). The van der Waals surface area contributed by atoms with Gasteiger partial charge in [-0.2, -0.15) is 0 Å². The van der Waals surface area contributed by atoms with Crippen molar-refractivity contribution in [1.29, 1.82) is 0 Å². The quantitative estimate of drug-likeness (QED) is 0.245. The van der Waals surface area contributed by atoms with Crippen molar-refractivity contribution in [1.82, 2.24) is 5.32 Å². The van der Waals surface area contributed by atoms with Gasteiger partial charge in [0, 0.05) is 18.5 Å². The van der Waals surface area contributed by atoms with E-state index in [0.717, 1.165) is 11.1 Å². The van der Waals surface area contributed by atoms with Gasteiger partial charge in [0.05, 0.1) is 34.1 Å². The number of nitrogens with one attached hydrogen (secondary N) is 2. The number of esters is 1. The topological polar surface area (TPSA) is 134 Å². The molecule has 1 amide bonds. The molecule has 1 heterocycles. The molecule has 11 nitrogen and oxygen atoms in total. The summed E-state index contributed by atoms with van der Waals surface area (Å²) in [5.74, 6) is 1.93. The predicted molar refractivity (Wildman–Crippen MR) is 140 cm³/mol. The van der Waals surface area contributed by atoms with Gasteiger partial charge in [-0.05, 0) is 56.1 Å². The summed E-state index contributed by atoms with van der Waals surface area (Å²) in [6.45, 7) is 2.55. The molecule has 0 saturated carbocycles. The highest BCUT2D eigenvalue weighted by Gasteiger charge is 2.25. The molecule has 0 saturated heterocycles. The fourth-order valence-electron chi connectivity index (χ4n) is 4.10. The van der Waals surface area contributed by atoms with E-state index in [1.54, 1.807) is 40.4 Å². The Morgan fingerprint density at radius 2 is 1.71 bits per heavy atom. The van der Waals surface area contributed by atoms with Crippen LogP contribution in [0, 0.1) is 0 Å². The molecule has 2 aromatic rings. The van der Waals surface area contributed by atoms with Gasteiger partial charge < -0.3 is 44.2 Å². The van der Waals surface area contributed by atoms with Crippen LogP contribution in [-0.2, 0) is 27.2 Å². The summed E-state index contributed by atoms with van der Waals surface area (Å²) in [5, 5.41) is 16.5. The molecule has 3 N–H and O–H groups in total. The molecule has 0 aliphatic carbocycles. The van der Waals surface area contributed by atoms with E-state index in [1.807, 2.05) is 12.1 Å². The first-order valence-electron chi connectivity index (χ1n) is 12.3. The minimum atomic E-state index is -0.845. The first-order valence-corrected chi connectivity index (χ1v) is 12.3. The van der Waals surface area contributed by atoms with E-state index < -0.39 is 18.2 Å². The summed E-state index contributed by atoms with van der Waals surface area (Å²) in [4.78, 5) is 23.8. The minimum absolute atomic E-state index is 0.0519. The number of ether oxygens (including phenoxy) is 6. The molecule has 11 heteroatoms. The van der Waals surface area contributed by atoms with Crippen LogP contribution >= 0.6 is 0 Å². The van der Waals surface area contributed by atoms with Gasteiger partial charge in [0.2, 0.25) is 11.7 Å². The van der Waals surface area contributed by atoms with Crippen LogP contribution in [0.4, 0.5) is 5.69 Å². The van der Waals surface area contributed by atoms with E-state index in [4.69, 9.17) is 28.4 Å². The number of methoxy groups -OCH3 is 4. The third-order valence-electron chi connectivity index (χ3n) is 6.06. The van der Waals surface area contributed by atoms with E-state index in [0.29, 0.717) is 66.8 Å². The van der Waals surface area contributed by atoms with Crippen LogP contribution in [0.25, 0.3) is 0 Å². The molecule has 38 heavy (non-hydrogen) atoms. The van der Waals surface area contributed by atoms with Crippen molar-refractivity contribution in [2.45, 2.75) is 38.4 Å². The Morgan fingerprint density at radius 1 is 1.03 bits per heavy atom. The lowest BCUT2D eigenvalue weighted by molar-refractivity contribution is -0.147. The Kier molecular flexibility index (Phi) is 10.4. The van der Waals surface area contributed by atoms with Crippen molar-refractivity contribution in [3.8, 4) is 28.7 Å². The number of anilines is 1. The van der Waals surface area contributed by atoms with Crippen LogP contribution in [0.2, 0.25) is 0 Å². The zero-order valence-corrected chi connectivity index (χ0v) is 22.4. The molecule has 2 aromatic carbocycles. The summed E-state index contributed by atoms with van der Waals surface area (Å²) < 4.78 is 32.5. The second kappa shape index (κ2) is 13.7. The number of carbonyl (C=O) groups excluding carboxylic acids is 2. The second-order valence-corrected chi connectivity index (χ2v) is 8.70. The molecule has 0 radical (unpaired) electrons. The highest BCUT2D eigenvalue weighted by atomic mass is 16.6. The number of rotatable bonds is 14. The van der Waals surface area contributed by atoms with Gasteiger partial charge in [-0.3, -0.25) is 4.79 Å². The number of aliphatic hydroxyl groups excluding tert-OH is 1. The first-order chi connectivity index (χ1) is 18.3. The zero-order valence-electron chi connectivity index (χ0n) is 22.4. The van der Waals surface area contributed by atoms with Gasteiger partial charge in [-0.25, -0.2) is 4.79 Å². The molecule has 0 bridgehead atoms. The van der Waals surface area contributed by atoms with Gasteiger partial charge in [0.15, 0.2) is 17.6 Å². The number of hydrogen-bond acceptors (Lipinski definition) is 10. The van der Waals surface area contributed by atoms with Gasteiger partial charge in [-0.1, -0.05) is 0 Å². The van der Waals surface area contributed by atoms with Crippen molar-refractivity contribution in [3.05, 3.63) is 35.4 Å². The Hall–Kier alpha value is -3.70. The first kappa shape index (κ1) is 28.9. The highest BCUT2D eigenvalue weighted by Crippen LogP contribution is 2.40. The number of aliphatic hydroxyl groups is 1. The Labute approximate surface area is 222 Å². The summed E-state index contributed by atoms with van der Waals surface area (Å²) in [7, 11) is 5.99. The third kappa shape index (κ3) is 7.20. The fourth-order valence-corrected chi connectivity index (χ4v) is 4.10. The smallest absolute Gasteiger partial charge is 0.346 e. The van der Waals surface area contributed by atoms with Gasteiger partial charge in [0.1, 0.15) is 24.2 Å². The van der Waals surface area contributed by atoms with E-state index in [2.05, 4.69) is 10.6 Å². The van der Waals surface area contributed by atoms with Crippen LogP contribution < -0.4 is 34.3 Å². The standard InChI is InChI=1S/C27H36N2O9/c1-16(27(32)36-5)38-21-8-7-20(19-6-9-24(31)29-25(19)21)37-15-18(30)14-28-11-10-17-12-22(33-2)26(35-4)23(13-17)34-3/h7-8,12-13,16,18,28,30H,6,9-11,14-15H2,1-5H3,(H,29,31). The maximum absolute atomic E-state index is 12.0. The Balaban J connectivity index is 1.55. The van der Waals surface area contributed by atoms with Crippen LogP contribution in [0.15, 0.2) is 24.3 Å². The van der Waals surface area contributed by atoms with Crippen molar-refractivity contribution in [2.75, 3.05) is 53.5 Å². The Morgan fingerprint density at radius 3 is 2.34 bits per heavy atom. The lowest BCUT2D eigenvalue weighted by Crippen LogP contribution is -2.33. The number of carbonyl (C=O) groups is 2. The number of amides is 1. The largest absolute Gasteiger partial charge is 0.493 e. The molecule has 0 aromatic heterocycles. The average Bonchev–Trinajstić information content (AvgIpc) is 2.93. The van der Waals surface area contributed by atoms with Gasteiger partial charge >= 0.3 is 5.97 Å². The van der Waals surface area contributed by atoms with E-state index in [1.165, 1.54) is 7.11 Å². The molecule has 1 aliphatic heterocycles. The van der Waals surface area contributed by atoms with Crippen LogP contribution in [0.3, 0.4) is 0 Å². The molecule has 1 aliphatic rings. The van der Waals surface area contributed by atoms with Crippen LogP contribution in [0.1, 0.15) is 24.5 Å². The Bertz CT molecular complexity index is 1100. The van der Waals surface area contributed by atoms with Crippen molar-refractivity contribution >= 4 is 17.6 Å². The zero-order chi connectivity index (χ0) is 27.7. The molecule has 2 atom stereocenters. The van der Waals surface area contributed by atoms with Crippen molar-refractivity contribution in [2.24, 2.45) is 0 Å². The third-order valence-corrected chi connectivity index (χ3v) is 6.06. The summed E-state index contributed by atoms with van der Waals surface area (Å²) in [6, 6.07) is 7.12. The average molecular weight is 533 g/mol. The monoisotopic (exact) mass is 532 g/mol. The summed E-state index contributed by atoms with van der Waals surface area (Å²) in [6.07, 6.45) is -0.182. The number of fused-ring (bicyclic) bond motifs is 1. The minimum Gasteiger partial charge on any atom is -0.493 e. The van der Waals surface area contributed by atoms with Crippen LogP contribution in [-0.4, -0.2) is 77.3 Å². The fraction of sp³-hybridized carbons (Fsp3) is 0.481. The molecular weight excluding hydrogens is 496 g/mol. The lowest BCUT2D eigenvalue weighted by atomic mass is 10.0. The van der Waals surface area contributed by atoms with Crippen molar-refractivity contribution < 1.29 is 43.1 Å². The maximum atomic E-state index is 12.0. The van der Waals surface area contributed by atoms with Gasteiger partial charge in [-0.15, -0.1) is 0 Å². The van der Waals surface area contributed by atoms with Gasteiger partial charge in [0.25, 0.3) is 0 Å². The predicted octanol–water partition coefficient (Wildman–Crippen LogP) is 2.11. The summed E-state index contributed by atoms with van der Waals surface area (Å²) >= 11 is 0. The number of hydrogen-bond donors (Lipinski definition) is 3. The molecule has 2 unspecified atom stereocenters. The molecule has 0 fully saturated rings. The molecule has 208 valence electrons. The van der Waals surface area contributed by atoms with E-state index in [-0.39, 0.29) is 12.5 Å². The van der Waals surface area contributed by atoms with E-state index in [9.17, 15) is 14.7 Å². The van der Waals surface area contributed by atoms with Crippen LogP contribution in [0.5, 0.6) is 28.7 Å². The summed E-state index contributed by atoms with van der Waals surface area (Å²) in [5.41, 5.74) is 2.21. The van der Waals surface area contributed by atoms with E-state index >= 15 is 0 Å². The molecule has 0 spiro atoms. The lowest BCUT2D eigenvalue weighted by Gasteiger charge is -2.24. The maximum Gasteiger partial charge on any atom is 0.346 e. The SMILES string of the molecule is COC(=O)C(C)Oc1ccc(OCC(O)CNCCc2cc(OC)c(OC)c(OC)c2)c2c1NC(=O)CC2.